The van der Waals surface area contributed by atoms with Crippen LogP contribution in [0.3, 0.4) is 0 Å². The summed E-state index contributed by atoms with van der Waals surface area (Å²) in [6.45, 7) is 16.3. The van der Waals surface area contributed by atoms with Gasteiger partial charge in [0.2, 0.25) is 0 Å². The molecule has 0 unspecified atom stereocenters. The first kappa shape index (κ1) is 38.7. The van der Waals surface area contributed by atoms with E-state index < -0.39 is 11.2 Å². The molecular formula is C52H52O6. The minimum absolute atomic E-state index is 0.0640. The van der Waals surface area contributed by atoms with E-state index in [1.165, 1.54) is 0 Å². The van der Waals surface area contributed by atoms with Crippen LogP contribution in [0.5, 0.6) is 34.5 Å². The highest BCUT2D eigenvalue weighted by molar-refractivity contribution is 6.01. The van der Waals surface area contributed by atoms with E-state index in [9.17, 15) is 0 Å². The van der Waals surface area contributed by atoms with Gasteiger partial charge in [-0.2, -0.15) is 0 Å². The molecule has 2 heterocycles. The van der Waals surface area contributed by atoms with Gasteiger partial charge in [0.05, 0.1) is 24.4 Å². The van der Waals surface area contributed by atoms with Crippen LogP contribution in [0.4, 0.5) is 0 Å². The Morgan fingerprint density at radius 1 is 0.397 bits per heavy atom. The average Bonchev–Trinajstić information content (AvgIpc) is 3.20. The molecule has 58 heavy (non-hydrogen) atoms. The molecule has 0 radical (unpaired) electrons. The molecule has 6 nitrogen and oxygen atoms in total. The maximum absolute atomic E-state index is 7.44. The number of fused-ring (bicyclic) bond motifs is 5. The molecule has 2 aliphatic heterocycles. The number of hydrogen-bond acceptors (Lipinski definition) is 6. The van der Waals surface area contributed by atoms with Gasteiger partial charge in [0.25, 0.3) is 0 Å². The molecule has 8 rings (SSSR count). The van der Waals surface area contributed by atoms with Gasteiger partial charge in [0.15, 0.2) is 11.2 Å². The van der Waals surface area contributed by atoms with E-state index in [0.29, 0.717) is 0 Å². The molecular weight excluding hydrogens is 721 g/mol. The van der Waals surface area contributed by atoms with Crippen LogP contribution in [-0.2, 0) is 11.2 Å². The molecule has 0 aliphatic carbocycles. The van der Waals surface area contributed by atoms with Crippen LogP contribution in [0.15, 0.2) is 133 Å². The highest BCUT2D eigenvalue weighted by Gasteiger charge is 2.41. The van der Waals surface area contributed by atoms with Gasteiger partial charge in [-0.15, -0.1) is 0 Å². The average molecular weight is 773 g/mol. The summed E-state index contributed by atoms with van der Waals surface area (Å²) in [7, 11) is 0. The first-order valence-electron chi connectivity index (χ1n) is 20.4. The van der Waals surface area contributed by atoms with Crippen molar-refractivity contribution < 1.29 is 28.4 Å². The molecule has 2 aliphatic rings. The fraction of sp³-hybridized carbons (Fsp3) is 0.269. The van der Waals surface area contributed by atoms with E-state index in [1.807, 2.05) is 104 Å². The lowest BCUT2D eigenvalue weighted by Crippen LogP contribution is -2.35. The molecule has 0 bridgehead atoms. The number of rotatable bonds is 12. The number of hydrogen-bond donors (Lipinski definition) is 0. The van der Waals surface area contributed by atoms with E-state index in [0.717, 1.165) is 78.7 Å². The monoisotopic (exact) mass is 772 g/mol. The molecule has 0 saturated heterocycles. The Morgan fingerprint density at radius 3 is 1.16 bits per heavy atom. The molecule has 0 amide bonds. The standard InChI is InChI=1S/C52H52O6/c1-33(2)53-43-20-12-39(13-21-43)51(40-14-22-44(23-15-40)54-34(3)4)32-30-47-48(57-51)28-11-37-9-10-38-29-31-52(58-50(38)49(37)47,41-16-24-45(25-17-41)55-35(5)6)42-18-26-46(27-19-42)56-36(7)8/h9-36H,1-8H3. The molecule has 0 fully saturated rings. The summed E-state index contributed by atoms with van der Waals surface area (Å²) in [6.07, 6.45) is 8.95. The Kier molecular flexibility index (Phi) is 10.5. The van der Waals surface area contributed by atoms with Crippen LogP contribution in [0, 0.1) is 0 Å². The van der Waals surface area contributed by atoms with Crippen molar-refractivity contribution in [3.05, 3.63) is 167 Å². The van der Waals surface area contributed by atoms with Crippen LogP contribution >= 0.6 is 0 Å². The van der Waals surface area contributed by atoms with Crippen LogP contribution in [-0.4, -0.2) is 24.4 Å². The van der Waals surface area contributed by atoms with Crippen LogP contribution < -0.4 is 28.4 Å². The third kappa shape index (κ3) is 7.51. The van der Waals surface area contributed by atoms with E-state index in [2.05, 4.69) is 97.1 Å². The van der Waals surface area contributed by atoms with Crippen LogP contribution in [0.25, 0.3) is 22.9 Å². The van der Waals surface area contributed by atoms with E-state index in [4.69, 9.17) is 28.4 Å². The van der Waals surface area contributed by atoms with Gasteiger partial charge in [-0.1, -0.05) is 72.8 Å². The highest BCUT2D eigenvalue weighted by atomic mass is 16.5. The number of benzene rings is 6. The van der Waals surface area contributed by atoms with Crippen molar-refractivity contribution in [3.8, 4) is 34.5 Å². The van der Waals surface area contributed by atoms with Crippen molar-refractivity contribution >= 4 is 22.9 Å². The smallest absolute Gasteiger partial charge is 0.178 e. The second-order valence-corrected chi connectivity index (χ2v) is 16.2. The van der Waals surface area contributed by atoms with E-state index in [1.54, 1.807) is 0 Å². The molecule has 296 valence electrons. The topological polar surface area (TPSA) is 55.4 Å². The normalized spacial score (nSPS) is 14.9. The molecule has 6 heteroatoms. The van der Waals surface area contributed by atoms with Crippen molar-refractivity contribution in [1.29, 1.82) is 0 Å². The summed E-state index contributed by atoms with van der Waals surface area (Å²) in [6, 6.07) is 41.3. The third-order valence-corrected chi connectivity index (χ3v) is 10.3. The van der Waals surface area contributed by atoms with Crippen LogP contribution in [0.2, 0.25) is 0 Å². The summed E-state index contributed by atoms with van der Waals surface area (Å²) in [5.41, 5.74) is 3.98. The quantitative estimate of drug-likeness (QED) is 0.123. The fourth-order valence-electron chi connectivity index (χ4n) is 7.88. The van der Waals surface area contributed by atoms with Gasteiger partial charge >= 0.3 is 0 Å². The maximum atomic E-state index is 7.44. The molecule has 0 saturated carbocycles. The molecule has 6 aromatic carbocycles. The zero-order chi connectivity index (χ0) is 40.6. The second-order valence-electron chi connectivity index (χ2n) is 16.2. The summed E-state index contributed by atoms with van der Waals surface area (Å²) < 4.78 is 38.8. The summed E-state index contributed by atoms with van der Waals surface area (Å²) in [4.78, 5) is 0. The largest absolute Gasteiger partial charge is 0.491 e. The maximum Gasteiger partial charge on any atom is 0.178 e. The second kappa shape index (κ2) is 15.7. The lowest BCUT2D eigenvalue weighted by atomic mass is 9.82. The lowest BCUT2D eigenvalue weighted by Gasteiger charge is -2.38. The zero-order valence-corrected chi connectivity index (χ0v) is 34.6. The van der Waals surface area contributed by atoms with Gasteiger partial charge in [-0.25, -0.2) is 0 Å². The van der Waals surface area contributed by atoms with Crippen molar-refractivity contribution in [2.75, 3.05) is 0 Å². The predicted molar refractivity (Wildman–Crippen MR) is 234 cm³/mol. The fourth-order valence-corrected chi connectivity index (χ4v) is 7.88. The Morgan fingerprint density at radius 2 is 0.759 bits per heavy atom. The summed E-state index contributed by atoms with van der Waals surface area (Å²) in [5, 5.41) is 2.03. The minimum Gasteiger partial charge on any atom is -0.491 e. The molecule has 0 aromatic heterocycles. The molecule has 0 N–H and O–H groups in total. The summed E-state index contributed by atoms with van der Waals surface area (Å²) >= 11 is 0. The highest BCUT2D eigenvalue weighted by Crippen LogP contribution is 2.51. The molecule has 0 atom stereocenters. The Labute approximate surface area is 342 Å². The summed E-state index contributed by atoms with van der Waals surface area (Å²) in [5.74, 6) is 4.78. The zero-order valence-electron chi connectivity index (χ0n) is 34.6. The Bertz CT molecular complexity index is 2330. The first-order valence-corrected chi connectivity index (χ1v) is 20.4. The van der Waals surface area contributed by atoms with Crippen LogP contribution in [0.1, 0.15) is 88.8 Å². The van der Waals surface area contributed by atoms with Crippen molar-refractivity contribution in [3.63, 3.8) is 0 Å². The van der Waals surface area contributed by atoms with Gasteiger partial charge in [0, 0.05) is 38.8 Å². The van der Waals surface area contributed by atoms with Gasteiger partial charge in [0.1, 0.15) is 34.5 Å². The van der Waals surface area contributed by atoms with Crippen molar-refractivity contribution in [2.45, 2.75) is 91.0 Å². The lowest BCUT2D eigenvalue weighted by molar-refractivity contribution is 0.158. The van der Waals surface area contributed by atoms with E-state index >= 15 is 0 Å². The SMILES string of the molecule is CC(C)Oc1ccc(C2(c3ccc(OC(C)C)cc3)C=Cc3c(ccc4ccc5c(c34)OC(c3ccc(OC(C)C)cc3)(c3ccc(OC(C)C)cc3)C=C5)O2)cc1. The molecule has 0 spiro atoms. The van der Waals surface area contributed by atoms with Gasteiger partial charge in [-0.05, 0) is 134 Å². The Hall–Kier alpha value is -6.14. The number of ether oxygens (including phenoxy) is 6. The third-order valence-electron chi connectivity index (χ3n) is 10.3. The predicted octanol–water partition coefficient (Wildman–Crippen LogP) is 12.7. The van der Waals surface area contributed by atoms with Gasteiger partial charge in [-0.3, -0.25) is 0 Å². The van der Waals surface area contributed by atoms with E-state index in [-0.39, 0.29) is 24.4 Å². The molecule has 6 aromatic rings. The van der Waals surface area contributed by atoms with Gasteiger partial charge < -0.3 is 28.4 Å². The van der Waals surface area contributed by atoms with Crippen molar-refractivity contribution in [2.24, 2.45) is 0 Å². The van der Waals surface area contributed by atoms with Crippen molar-refractivity contribution in [1.82, 2.24) is 0 Å². The first-order chi connectivity index (χ1) is 27.9. The minimum atomic E-state index is -0.945. The Balaban J connectivity index is 1.26.